The van der Waals surface area contributed by atoms with E-state index in [1.165, 1.54) is 11.3 Å². The van der Waals surface area contributed by atoms with Crippen molar-refractivity contribution in [1.82, 2.24) is 15.5 Å². The van der Waals surface area contributed by atoms with Gasteiger partial charge in [-0.1, -0.05) is 18.2 Å². The lowest BCUT2D eigenvalue weighted by molar-refractivity contribution is -0.129. The van der Waals surface area contributed by atoms with Crippen molar-refractivity contribution in [3.8, 4) is 0 Å². The molecule has 1 saturated heterocycles. The zero-order chi connectivity index (χ0) is 15.9. The fourth-order valence-electron chi connectivity index (χ4n) is 2.29. The molecule has 0 bridgehead atoms. The molecular formula is C14H21N3O4S. The molecule has 4 amide bonds. The summed E-state index contributed by atoms with van der Waals surface area (Å²) in [6.45, 7) is 1.30. The van der Waals surface area contributed by atoms with Gasteiger partial charge in [-0.3, -0.25) is 24.1 Å². The molecule has 1 heterocycles. The molecule has 1 aliphatic carbocycles. The molecule has 0 unspecified atom stereocenters. The van der Waals surface area contributed by atoms with E-state index < -0.39 is 0 Å². The molecule has 2 aliphatic rings. The monoisotopic (exact) mass is 327 g/mol. The van der Waals surface area contributed by atoms with Gasteiger partial charge in [0.1, 0.15) is 6.42 Å². The Labute approximate surface area is 133 Å². The third kappa shape index (κ3) is 5.01. The first-order chi connectivity index (χ1) is 10.6. The van der Waals surface area contributed by atoms with Crippen molar-refractivity contribution in [1.29, 1.82) is 0 Å². The molecular weight excluding hydrogens is 306 g/mol. The second-order valence-corrected chi connectivity index (χ2v) is 6.51. The number of amides is 4. The molecule has 2 N–H and O–H groups in total. The van der Waals surface area contributed by atoms with Gasteiger partial charge < -0.3 is 10.6 Å². The lowest BCUT2D eigenvalue weighted by Gasteiger charge is -2.25. The summed E-state index contributed by atoms with van der Waals surface area (Å²) in [5.41, 5.74) is 0. The van der Waals surface area contributed by atoms with Crippen LogP contribution in [0, 0.1) is 5.92 Å². The van der Waals surface area contributed by atoms with Crippen LogP contribution in [0.5, 0.6) is 0 Å². The van der Waals surface area contributed by atoms with Gasteiger partial charge in [-0.25, -0.2) is 0 Å². The summed E-state index contributed by atoms with van der Waals surface area (Å²) in [7, 11) is 0. The van der Waals surface area contributed by atoms with E-state index in [2.05, 4.69) is 10.6 Å². The normalized spacial score (nSPS) is 18.3. The van der Waals surface area contributed by atoms with Gasteiger partial charge in [0, 0.05) is 19.6 Å². The number of imide groups is 1. The number of nitrogens with one attached hydrogen (secondary N) is 2. The molecule has 0 radical (unpaired) electrons. The molecule has 122 valence electrons. The van der Waals surface area contributed by atoms with Crippen LogP contribution in [0.1, 0.15) is 32.1 Å². The van der Waals surface area contributed by atoms with Gasteiger partial charge in [0.15, 0.2) is 0 Å². The molecule has 1 saturated carbocycles. The molecule has 0 aromatic heterocycles. The average molecular weight is 327 g/mol. The Balaban J connectivity index is 1.52. The predicted molar refractivity (Wildman–Crippen MR) is 82.2 cm³/mol. The maximum absolute atomic E-state index is 11.6. The maximum atomic E-state index is 11.6. The van der Waals surface area contributed by atoms with Gasteiger partial charge in [0.2, 0.25) is 17.7 Å². The molecule has 7 nitrogen and oxygen atoms in total. The first-order valence-corrected chi connectivity index (χ1v) is 8.55. The first-order valence-electron chi connectivity index (χ1n) is 7.57. The van der Waals surface area contributed by atoms with E-state index in [0.29, 0.717) is 32.0 Å². The predicted octanol–water partition coefficient (Wildman–Crippen LogP) is 0.495. The van der Waals surface area contributed by atoms with Gasteiger partial charge in [-0.15, -0.1) is 0 Å². The van der Waals surface area contributed by atoms with Gasteiger partial charge in [0.05, 0.1) is 5.75 Å². The quantitative estimate of drug-likeness (QED) is 0.500. The Kier molecular flexibility index (Phi) is 6.23. The number of nitrogens with zero attached hydrogens (tertiary/aromatic N) is 1. The molecule has 0 aromatic carbocycles. The maximum Gasteiger partial charge on any atom is 0.288 e. The average Bonchev–Trinajstić information content (AvgIpc) is 2.73. The zero-order valence-electron chi connectivity index (χ0n) is 12.4. The van der Waals surface area contributed by atoms with Crippen molar-refractivity contribution >= 4 is 34.7 Å². The van der Waals surface area contributed by atoms with Crippen LogP contribution in [0.15, 0.2) is 0 Å². The lowest BCUT2D eigenvalue weighted by atomic mass is 9.85. The number of rotatable bonds is 8. The van der Waals surface area contributed by atoms with Crippen molar-refractivity contribution in [2.24, 2.45) is 5.92 Å². The second kappa shape index (κ2) is 8.17. The van der Waals surface area contributed by atoms with Crippen LogP contribution in [0.4, 0.5) is 4.79 Å². The highest BCUT2D eigenvalue weighted by atomic mass is 32.2. The Morgan fingerprint density at radius 1 is 1.18 bits per heavy atom. The van der Waals surface area contributed by atoms with Crippen molar-refractivity contribution in [2.75, 3.05) is 25.4 Å². The zero-order valence-corrected chi connectivity index (χ0v) is 13.2. The van der Waals surface area contributed by atoms with Crippen LogP contribution in [-0.2, 0) is 14.4 Å². The molecule has 0 spiro atoms. The van der Waals surface area contributed by atoms with Crippen LogP contribution >= 0.6 is 11.8 Å². The third-order valence-corrected chi connectivity index (χ3v) is 4.71. The van der Waals surface area contributed by atoms with Crippen molar-refractivity contribution in [3.63, 3.8) is 0 Å². The number of carbonyl (C=O) groups is 4. The van der Waals surface area contributed by atoms with Crippen LogP contribution in [0.25, 0.3) is 0 Å². The van der Waals surface area contributed by atoms with Crippen molar-refractivity contribution in [3.05, 3.63) is 0 Å². The van der Waals surface area contributed by atoms with Gasteiger partial charge >= 0.3 is 0 Å². The minimum atomic E-state index is -0.334. The van der Waals surface area contributed by atoms with E-state index in [4.69, 9.17) is 0 Å². The molecule has 2 fully saturated rings. The van der Waals surface area contributed by atoms with E-state index in [0.717, 1.165) is 24.6 Å². The largest absolute Gasteiger partial charge is 0.356 e. The minimum absolute atomic E-state index is 0.176. The van der Waals surface area contributed by atoms with Crippen molar-refractivity contribution in [2.45, 2.75) is 32.1 Å². The van der Waals surface area contributed by atoms with Gasteiger partial charge in [0.25, 0.3) is 5.24 Å². The number of thioether (sulfide) groups is 1. The van der Waals surface area contributed by atoms with E-state index in [1.807, 2.05) is 0 Å². The Hall–Kier alpha value is -1.57. The Bertz CT molecular complexity index is 449. The summed E-state index contributed by atoms with van der Waals surface area (Å²) in [6, 6.07) is 0. The Morgan fingerprint density at radius 3 is 2.50 bits per heavy atom. The Morgan fingerprint density at radius 2 is 1.91 bits per heavy atom. The SMILES string of the molecule is O=C(CC(=O)NCC1CCC1)NCCCN1C(=O)CSC1=O. The highest BCUT2D eigenvalue weighted by molar-refractivity contribution is 8.14. The van der Waals surface area contributed by atoms with Crippen LogP contribution in [0.2, 0.25) is 0 Å². The fraction of sp³-hybridized carbons (Fsp3) is 0.714. The fourth-order valence-corrected chi connectivity index (χ4v) is 3.04. The van der Waals surface area contributed by atoms with Gasteiger partial charge in [-0.2, -0.15) is 0 Å². The van der Waals surface area contributed by atoms with E-state index in [9.17, 15) is 19.2 Å². The van der Waals surface area contributed by atoms with Crippen molar-refractivity contribution < 1.29 is 19.2 Å². The molecule has 22 heavy (non-hydrogen) atoms. The topological polar surface area (TPSA) is 95.6 Å². The summed E-state index contributed by atoms with van der Waals surface area (Å²) in [5.74, 6) is -0.00538. The molecule has 1 aliphatic heterocycles. The molecule has 0 aromatic rings. The second-order valence-electron chi connectivity index (χ2n) is 5.58. The molecule has 0 atom stereocenters. The van der Waals surface area contributed by atoms with Crippen LogP contribution in [-0.4, -0.2) is 53.2 Å². The summed E-state index contributed by atoms with van der Waals surface area (Å²) in [5, 5.41) is 5.16. The summed E-state index contributed by atoms with van der Waals surface area (Å²) >= 11 is 0.998. The van der Waals surface area contributed by atoms with E-state index in [-0.39, 0.29) is 35.1 Å². The number of hydrogen-bond donors (Lipinski definition) is 2. The highest BCUT2D eigenvalue weighted by Crippen LogP contribution is 2.25. The van der Waals surface area contributed by atoms with Gasteiger partial charge in [-0.05, 0) is 25.2 Å². The molecule has 8 heteroatoms. The van der Waals surface area contributed by atoms with Crippen LogP contribution < -0.4 is 10.6 Å². The number of hydrogen-bond acceptors (Lipinski definition) is 5. The minimum Gasteiger partial charge on any atom is -0.356 e. The van der Waals surface area contributed by atoms with E-state index >= 15 is 0 Å². The smallest absolute Gasteiger partial charge is 0.288 e. The standard InChI is InChI=1S/C14H21N3O4S/c18-11(7-12(19)16-8-10-3-1-4-10)15-5-2-6-17-13(20)9-22-14(17)21/h10H,1-9H2,(H,15,18)(H,16,19). The first kappa shape index (κ1) is 16.8. The van der Waals surface area contributed by atoms with Crippen LogP contribution in [0.3, 0.4) is 0 Å². The summed E-state index contributed by atoms with van der Waals surface area (Å²) in [4.78, 5) is 47.0. The number of carbonyl (C=O) groups excluding carboxylic acids is 4. The highest BCUT2D eigenvalue weighted by Gasteiger charge is 2.29. The third-order valence-electron chi connectivity index (χ3n) is 3.85. The molecule has 2 rings (SSSR count). The lowest BCUT2D eigenvalue weighted by Crippen LogP contribution is -2.37. The summed E-state index contributed by atoms with van der Waals surface area (Å²) in [6.07, 6.45) is 3.84. The van der Waals surface area contributed by atoms with E-state index in [1.54, 1.807) is 0 Å². The summed E-state index contributed by atoms with van der Waals surface area (Å²) < 4.78 is 0.